The second-order valence-electron chi connectivity index (χ2n) is 4.41. The van der Waals surface area contributed by atoms with Crippen LogP contribution in [0, 0.1) is 17.1 Å². The molecule has 0 bridgehead atoms. The molecule has 0 spiro atoms. The van der Waals surface area contributed by atoms with Crippen LogP contribution in [0.15, 0.2) is 18.3 Å². The highest BCUT2D eigenvalue weighted by molar-refractivity contribution is 5.96. The van der Waals surface area contributed by atoms with Crippen molar-refractivity contribution in [3.05, 3.63) is 35.4 Å². The average molecular weight is 319 g/mol. The molecule has 1 aromatic heterocycles. The Hall–Kier alpha value is -3.21. The van der Waals surface area contributed by atoms with Gasteiger partial charge in [-0.05, 0) is 12.1 Å². The van der Waals surface area contributed by atoms with Crippen LogP contribution in [-0.2, 0) is 4.74 Å². The van der Waals surface area contributed by atoms with Crippen molar-refractivity contribution in [3.8, 4) is 23.3 Å². The number of nitrogens with zero attached hydrogens (tertiary/aromatic N) is 2. The van der Waals surface area contributed by atoms with Gasteiger partial charge in [0.2, 0.25) is 5.82 Å². The molecule has 0 aliphatic rings. The van der Waals surface area contributed by atoms with Crippen LogP contribution >= 0.6 is 0 Å². The van der Waals surface area contributed by atoms with E-state index in [0.717, 1.165) is 0 Å². The van der Waals surface area contributed by atoms with Crippen molar-refractivity contribution >= 4 is 11.7 Å². The van der Waals surface area contributed by atoms with Gasteiger partial charge >= 0.3 is 5.97 Å². The van der Waals surface area contributed by atoms with Crippen LogP contribution < -0.4 is 15.2 Å². The number of ether oxygens (including phenoxy) is 3. The molecular weight excluding hydrogens is 305 g/mol. The Kier molecular flexibility index (Phi) is 4.41. The zero-order valence-electron chi connectivity index (χ0n) is 12.7. The van der Waals surface area contributed by atoms with Gasteiger partial charge < -0.3 is 24.5 Å². The van der Waals surface area contributed by atoms with Gasteiger partial charge in [0.1, 0.15) is 6.07 Å². The fourth-order valence-electron chi connectivity index (χ4n) is 2.17. The van der Waals surface area contributed by atoms with Crippen molar-refractivity contribution in [2.75, 3.05) is 27.1 Å². The molecule has 2 N–H and O–H groups in total. The summed E-state index contributed by atoms with van der Waals surface area (Å²) in [6.45, 7) is 0. The smallest absolute Gasteiger partial charge is 0.357 e. The second-order valence-corrected chi connectivity index (χ2v) is 4.41. The Morgan fingerprint density at radius 1 is 1.30 bits per heavy atom. The zero-order valence-corrected chi connectivity index (χ0v) is 12.7. The lowest BCUT2D eigenvalue weighted by Crippen LogP contribution is -2.12. The summed E-state index contributed by atoms with van der Waals surface area (Å²) in [4.78, 5) is 12.0. The van der Waals surface area contributed by atoms with Crippen LogP contribution in [0.3, 0.4) is 0 Å². The van der Waals surface area contributed by atoms with Gasteiger partial charge in [-0.15, -0.1) is 0 Å². The molecule has 0 radical (unpaired) electrons. The number of carbonyl (C=O) groups excluding carboxylic acids is 1. The van der Waals surface area contributed by atoms with Crippen LogP contribution in [0.5, 0.6) is 11.5 Å². The van der Waals surface area contributed by atoms with E-state index in [9.17, 15) is 9.18 Å². The van der Waals surface area contributed by atoms with Crippen molar-refractivity contribution in [1.29, 1.82) is 5.26 Å². The van der Waals surface area contributed by atoms with Gasteiger partial charge in [-0.1, -0.05) is 0 Å². The Morgan fingerprint density at radius 3 is 2.52 bits per heavy atom. The number of esters is 1. The van der Waals surface area contributed by atoms with Gasteiger partial charge in [0.15, 0.2) is 17.2 Å². The average Bonchev–Trinajstić information content (AvgIpc) is 2.90. The summed E-state index contributed by atoms with van der Waals surface area (Å²) in [6, 6.07) is 4.72. The molecule has 1 aromatic carbocycles. The monoisotopic (exact) mass is 319 g/mol. The van der Waals surface area contributed by atoms with E-state index in [2.05, 4.69) is 4.74 Å². The Morgan fingerprint density at radius 2 is 2.00 bits per heavy atom. The van der Waals surface area contributed by atoms with E-state index in [1.165, 1.54) is 44.2 Å². The molecular formula is C15H14FN3O4. The summed E-state index contributed by atoms with van der Waals surface area (Å²) in [7, 11) is 3.77. The van der Waals surface area contributed by atoms with Gasteiger partial charge in [0.25, 0.3) is 0 Å². The molecule has 2 rings (SSSR count). The number of carbonyl (C=O) groups is 1. The number of anilines is 1. The molecule has 0 saturated carbocycles. The molecule has 0 amide bonds. The van der Waals surface area contributed by atoms with Crippen molar-refractivity contribution in [2.24, 2.45) is 0 Å². The van der Waals surface area contributed by atoms with E-state index >= 15 is 0 Å². The first-order chi connectivity index (χ1) is 11.0. The third-order valence-electron chi connectivity index (χ3n) is 3.27. The van der Waals surface area contributed by atoms with Crippen LogP contribution in [-0.4, -0.2) is 31.9 Å². The van der Waals surface area contributed by atoms with Gasteiger partial charge in [-0.25, -0.2) is 4.79 Å². The first-order valence-electron chi connectivity index (χ1n) is 6.40. The number of methoxy groups -OCH3 is 3. The van der Waals surface area contributed by atoms with Crippen LogP contribution in [0.4, 0.5) is 10.1 Å². The Bertz CT molecular complexity index is 808. The number of nitrogen functional groups attached to an aromatic ring is 1. The van der Waals surface area contributed by atoms with Gasteiger partial charge in [0, 0.05) is 6.20 Å². The summed E-state index contributed by atoms with van der Waals surface area (Å²) in [5, 5.41) is 9.10. The summed E-state index contributed by atoms with van der Waals surface area (Å²) < 4.78 is 30.2. The summed E-state index contributed by atoms with van der Waals surface area (Å²) in [5.74, 6) is -1.68. The molecule has 0 unspecified atom stereocenters. The fraction of sp³-hybridized carbons (Fsp3) is 0.200. The third kappa shape index (κ3) is 2.53. The second kappa shape index (κ2) is 6.27. The topological polar surface area (TPSA) is 99.5 Å². The van der Waals surface area contributed by atoms with Gasteiger partial charge in [-0.2, -0.15) is 9.65 Å². The zero-order chi connectivity index (χ0) is 17.1. The maximum atomic E-state index is 14.3. The van der Waals surface area contributed by atoms with E-state index in [-0.39, 0.29) is 34.1 Å². The van der Waals surface area contributed by atoms with Crippen LogP contribution in [0.2, 0.25) is 0 Å². The lowest BCUT2D eigenvalue weighted by Gasteiger charge is -2.14. The number of halogens is 1. The van der Waals surface area contributed by atoms with Gasteiger partial charge in [0.05, 0.1) is 38.3 Å². The maximum Gasteiger partial charge on any atom is 0.357 e. The van der Waals surface area contributed by atoms with Crippen molar-refractivity contribution in [1.82, 2.24) is 4.57 Å². The maximum absolute atomic E-state index is 14.3. The molecule has 120 valence electrons. The lowest BCUT2D eigenvalue weighted by molar-refractivity contribution is 0.0593. The van der Waals surface area contributed by atoms with Crippen LogP contribution in [0.1, 0.15) is 16.1 Å². The molecule has 2 aromatic rings. The lowest BCUT2D eigenvalue weighted by atomic mass is 10.2. The van der Waals surface area contributed by atoms with Crippen molar-refractivity contribution in [2.45, 2.75) is 0 Å². The number of hydrogen-bond acceptors (Lipinski definition) is 6. The number of hydrogen-bond donors (Lipinski definition) is 1. The summed E-state index contributed by atoms with van der Waals surface area (Å²) in [6.07, 6.45) is 1.31. The summed E-state index contributed by atoms with van der Waals surface area (Å²) in [5.41, 5.74) is 5.90. The first kappa shape index (κ1) is 16.2. The normalized spacial score (nSPS) is 10.0. The highest BCUT2D eigenvalue weighted by Crippen LogP contribution is 2.35. The highest BCUT2D eigenvalue weighted by atomic mass is 19.1. The van der Waals surface area contributed by atoms with Gasteiger partial charge in [-0.3, -0.25) is 0 Å². The van der Waals surface area contributed by atoms with E-state index in [4.69, 9.17) is 20.5 Å². The molecule has 7 nitrogen and oxygen atoms in total. The number of rotatable bonds is 4. The molecule has 1 heterocycles. The summed E-state index contributed by atoms with van der Waals surface area (Å²) >= 11 is 0. The predicted octanol–water partition coefficient (Wildman–Crippen LogP) is 1.87. The molecule has 0 atom stereocenters. The largest absolute Gasteiger partial charge is 0.494 e. The first-order valence-corrected chi connectivity index (χ1v) is 6.40. The predicted molar refractivity (Wildman–Crippen MR) is 79.3 cm³/mol. The van der Waals surface area contributed by atoms with E-state index in [1.54, 1.807) is 0 Å². The number of nitriles is 1. The molecule has 0 saturated heterocycles. The van der Waals surface area contributed by atoms with Crippen molar-refractivity contribution < 1.29 is 23.4 Å². The molecule has 0 fully saturated rings. The minimum Gasteiger partial charge on any atom is -0.494 e. The minimum absolute atomic E-state index is 0.0224. The number of nitrogens with two attached hydrogens (primary N) is 1. The number of benzene rings is 1. The Labute approximate surface area is 131 Å². The van der Waals surface area contributed by atoms with E-state index < -0.39 is 11.8 Å². The van der Waals surface area contributed by atoms with E-state index in [0.29, 0.717) is 0 Å². The molecule has 0 aliphatic heterocycles. The third-order valence-corrected chi connectivity index (χ3v) is 3.27. The Balaban J connectivity index is 2.80. The standard InChI is InChI=1S/C15H14FN3O4/c1-21-10-5-4-9(14(22-2)11(10)16)19-7-8(6-17)12(18)13(19)15(20)23-3/h4-5,7H,18H2,1-3H3. The fourth-order valence-corrected chi connectivity index (χ4v) is 2.17. The molecule has 23 heavy (non-hydrogen) atoms. The van der Waals surface area contributed by atoms with Crippen LogP contribution in [0.25, 0.3) is 5.69 Å². The molecule has 8 heteroatoms. The SMILES string of the molecule is COC(=O)c1c(N)c(C#N)cn1-c1ccc(OC)c(F)c1OC. The van der Waals surface area contributed by atoms with Crippen molar-refractivity contribution in [3.63, 3.8) is 0 Å². The van der Waals surface area contributed by atoms with E-state index in [1.807, 2.05) is 6.07 Å². The quantitative estimate of drug-likeness (QED) is 0.864. The minimum atomic E-state index is -0.762. The molecule has 0 aliphatic carbocycles. The number of aromatic nitrogens is 1. The highest BCUT2D eigenvalue weighted by Gasteiger charge is 2.25.